The molecule has 2 atom stereocenters. The maximum atomic E-state index is 14.9. The number of halogens is 3. The van der Waals surface area contributed by atoms with Gasteiger partial charge in [0, 0.05) is 59.9 Å². The minimum atomic E-state index is -4.69. The van der Waals surface area contributed by atoms with E-state index in [1.54, 1.807) is 6.20 Å². The number of hydrogen-bond donors (Lipinski definition) is 3. The molecule has 39 heavy (non-hydrogen) atoms. The van der Waals surface area contributed by atoms with Gasteiger partial charge in [-0.15, -0.1) is 0 Å². The number of fused-ring (bicyclic) bond motifs is 1. The smallest absolute Gasteiger partial charge is 0.368 e. The third-order valence-corrected chi connectivity index (χ3v) is 7.68. The van der Waals surface area contributed by atoms with Crippen molar-refractivity contribution in [1.29, 1.82) is 0 Å². The van der Waals surface area contributed by atoms with Gasteiger partial charge in [-0.3, -0.25) is 4.90 Å². The number of nitrogens with one attached hydrogen (secondary N) is 2. The van der Waals surface area contributed by atoms with Gasteiger partial charge >= 0.3 is 6.18 Å². The zero-order valence-corrected chi connectivity index (χ0v) is 22.4. The first kappa shape index (κ1) is 25.8. The lowest BCUT2D eigenvalue weighted by molar-refractivity contribution is -0.136. The highest BCUT2D eigenvalue weighted by Crippen LogP contribution is 2.46. The van der Waals surface area contributed by atoms with Gasteiger partial charge in [-0.1, -0.05) is 18.2 Å². The zero-order chi connectivity index (χ0) is 27.5. The molecule has 1 saturated carbocycles. The predicted octanol–water partition coefficient (Wildman–Crippen LogP) is 6.26. The Balaban J connectivity index is 1.50. The van der Waals surface area contributed by atoms with E-state index in [0.717, 1.165) is 48.1 Å². The Labute approximate surface area is 225 Å². The minimum Gasteiger partial charge on any atom is -0.368 e. The standard InChI is InChI=1S/C30H33F3N6/c1-16-4-7-23-24(12-35-25(23)8-16)28-26(30(31,32)33)27(37-29(34)38-28)22-10-19(9-21(11-22)20-5-6-20)15-39-13-17(2)36-18(3)14-39/h4,7-12,17-18,20,35-36H,5-6,13-15H2,1-3H3,(H2,34,37,38)/t17-,18+. The van der Waals surface area contributed by atoms with E-state index >= 15 is 0 Å². The fourth-order valence-corrected chi connectivity index (χ4v) is 6.01. The van der Waals surface area contributed by atoms with E-state index in [1.807, 2.05) is 37.3 Å². The third kappa shape index (κ3) is 5.25. The van der Waals surface area contributed by atoms with E-state index in [9.17, 15) is 13.2 Å². The molecule has 0 unspecified atom stereocenters. The number of benzene rings is 2. The Morgan fingerprint density at radius 3 is 2.41 bits per heavy atom. The maximum Gasteiger partial charge on any atom is 0.420 e. The lowest BCUT2D eigenvalue weighted by Gasteiger charge is -2.36. The quantitative estimate of drug-likeness (QED) is 0.282. The minimum absolute atomic E-state index is 0.169. The largest absolute Gasteiger partial charge is 0.420 e. The van der Waals surface area contributed by atoms with Crippen LogP contribution in [0.15, 0.2) is 42.6 Å². The van der Waals surface area contributed by atoms with Gasteiger partial charge in [0.15, 0.2) is 0 Å². The summed E-state index contributed by atoms with van der Waals surface area (Å²) in [5.41, 5.74) is 9.46. The van der Waals surface area contributed by atoms with Gasteiger partial charge in [0.05, 0.1) is 11.4 Å². The molecule has 4 N–H and O–H groups in total. The predicted molar refractivity (Wildman–Crippen MR) is 148 cm³/mol. The number of aromatic amines is 1. The summed E-state index contributed by atoms with van der Waals surface area (Å²) in [4.78, 5) is 13.8. The highest BCUT2D eigenvalue weighted by molar-refractivity contribution is 5.96. The van der Waals surface area contributed by atoms with Gasteiger partial charge in [0.1, 0.15) is 5.56 Å². The van der Waals surface area contributed by atoms with Gasteiger partial charge in [-0.25, -0.2) is 9.97 Å². The van der Waals surface area contributed by atoms with Crippen molar-refractivity contribution in [1.82, 2.24) is 25.2 Å². The molecule has 4 aromatic rings. The lowest BCUT2D eigenvalue weighted by atomic mass is 9.95. The third-order valence-electron chi connectivity index (χ3n) is 7.68. The van der Waals surface area contributed by atoms with Crippen LogP contribution in [0, 0.1) is 6.92 Å². The maximum absolute atomic E-state index is 14.9. The van der Waals surface area contributed by atoms with E-state index in [1.165, 1.54) is 0 Å². The van der Waals surface area contributed by atoms with Crippen LogP contribution in [0.25, 0.3) is 33.4 Å². The number of nitrogens with zero attached hydrogens (tertiary/aromatic N) is 3. The fourth-order valence-electron chi connectivity index (χ4n) is 6.01. The van der Waals surface area contributed by atoms with E-state index in [0.29, 0.717) is 41.1 Å². The van der Waals surface area contributed by atoms with Crippen LogP contribution >= 0.6 is 0 Å². The summed E-state index contributed by atoms with van der Waals surface area (Å²) in [5.74, 6) is 0.187. The van der Waals surface area contributed by atoms with Gasteiger partial charge in [0.25, 0.3) is 0 Å². The second-order valence-corrected chi connectivity index (χ2v) is 11.3. The molecule has 2 aromatic carbocycles. The molecule has 6 rings (SSSR count). The first-order valence-corrected chi connectivity index (χ1v) is 13.5. The summed E-state index contributed by atoms with van der Waals surface area (Å²) in [6, 6.07) is 12.2. The topological polar surface area (TPSA) is 82.9 Å². The van der Waals surface area contributed by atoms with Gasteiger partial charge < -0.3 is 16.0 Å². The Morgan fingerprint density at radius 2 is 1.72 bits per heavy atom. The highest BCUT2D eigenvalue weighted by Gasteiger charge is 2.40. The van der Waals surface area contributed by atoms with Crippen LogP contribution in [-0.4, -0.2) is 45.0 Å². The number of H-pyrrole nitrogens is 1. The summed E-state index contributed by atoms with van der Waals surface area (Å²) in [6.07, 6.45) is -1.03. The molecule has 1 saturated heterocycles. The number of nitrogen functional groups attached to an aromatic ring is 1. The van der Waals surface area contributed by atoms with E-state index in [-0.39, 0.29) is 17.3 Å². The van der Waals surface area contributed by atoms with Crippen molar-refractivity contribution >= 4 is 16.9 Å². The summed E-state index contributed by atoms with van der Waals surface area (Å²) >= 11 is 0. The van der Waals surface area contributed by atoms with Crippen molar-refractivity contribution in [2.45, 2.75) is 64.3 Å². The zero-order valence-electron chi connectivity index (χ0n) is 22.4. The van der Waals surface area contributed by atoms with E-state index < -0.39 is 11.7 Å². The number of nitrogens with two attached hydrogens (primary N) is 1. The SMILES string of the molecule is Cc1ccc2c(-c3nc(N)nc(-c4cc(CN5C[C@@H](C)N[C@@H](C)C5)cc(C5CC5)c4)c3C(F)(F)F)c[nH]c2c1. The van der Waals surface area contributed by atoms with Crippen molar-refractivity contribution in [2.75, 3.05) is 18.8 Å². The molecule has 3 heterocycles. The van der Waals surface area contributed by atoms with Crippen LogP contribution in [0.3, 0.4) is 0 Å². The van der Waals surface area contributed by atoms with Crippen molar-refractivity contribution in [3.8, 4) is 22.5 Å². The summed E-state index contributed by atoms with van der Waals surface area (Å²) < 4.78 is 44.6. The molecule has 0 amide bonds. The number of rotatable bonds is 5. The highest BCUT2D eigenvalue weighted by atomic mass is 19.4. The Hall–Kier alpha value is -3.43. The molecule has 204 valence electrons. The number of alkyl halides is 3. The Kier molecular flexibility index (Phi) is 6.38. The van der Waals surface area contributed by atoms with Crippen molar-refractivity contribution in [3.63, 3.8) is 0 Å². The number of piperazine rings is 1. The van der Waals surface area contributed by atoms with E-state index in [2.05, 4.69) is 45.1 Å². The number of anilines is 1. The molecule has 1 aliphatic carbocycles. The number of aryl methyl sites for hydroxylation is 1. The fraction of sp³-hybridized carbons (Fsp3) is 0.400. The van der Waals surface area contributed by atoms with E-state index in [4.69, 9.17) is 5.73 Å². The van der Waals surface area contributed by atoms with Crippen LogP contribution in [-0.2, 0) is 12.7 Å². The normalized spacial score (nSPS) is 20.6. The summed E-state index contributed by atoms with van der Waals surface area (Å²) in [6.45, 7) is 8.68. The Morgan fingerprint density at radius 1 is 1.00 bits per heavy atom. The summed E-state index contributed by atoms with van der Waals surface area (Å²) in [7, 11) is 0. The average Bonchev–Trinajstić information content (AvgIpc) is 3.61. The molecule has 0 radical (unpaired) electrons. The molecule has 0 bridgehead atoms. The van der Waals surface area contributed by atoms with Crippen molar-refractivity contribution in [3.05, 3.63) is 64.8 Å². The first-order chi connectivity index (χ1) is 18.5. The lowest BCUT2D eigenvalue weighted by Crippen LogP contribution is -2.53. The van der Waals surface area contributed by atoms with Crippen LogP contribution in [0.5, 0.6) is 0 Å². The molecule has 6 nitrogen and oxygen atoms in total. The molecule has 2 fully saturated rings. The number of aromatic nitrogens is 3. The van der Waals surface area contributed by atoms with Crippen LogP contribution in [0.1, 0.15) is 54.9 Å². The van der Waals surface area contributed by atoms with Gasteiger partial charge in [-0.2, -0.15) is 13.2 Å². The Bertz CT molecular complexity index is 1530. The van der Waals surface area contributed by atoms with Gasteiger partial charge in [-0.05, 0) is 74.4 Å². The van der Waals surface area contributed by atoms with Crippen LogP contribution in [0.2, 0.25) is 0 Å². The van der Waals surface area contributed by atoms with Gasteiger partial charge in [0.2, 0.25) is 5.95 Å². The van der Waals surface area contributed by atoms with Crippen molar-refractivity contribution < 1.29 is 13.2 Å². The molecular formula is C30H33F3N6. The molecule has 9 heteroatoms. The van der Waals surface area contributed by atoms with Crippen molar-refractivity contribution in [2.24, 2.45) is 0 Å². The molecule has 2 aromatic heterocycles. The van der Waals surface area contributed by atoms with Crippen LogP contribution in [0.4, 0.5) is 19.1 Å². The molecule has 0 spiro atoms. The molecule has 2 aliphatic rings. The molecule has 1 aliphatic heterocycles. The first-order valence-electron chi connectivity index (χ1n) is 13.5. The second-order valence-electron chi connectivity index (χ2n) is 11.3. The number of hydrogen-bond acceptors (Lipinski definition) is 5. The molecular weight excluding hydrogens is 501 g/mol. The second kappa shape index (κ2) is 9.64. The average molecular weight is 535 g/mol. The summed E-state index contributed by atoms with van der Waals surface area (Å²) in [5, 5.41) is 4.19. The van der Waals surface area contributed by atoms with Crippen LogP contribution < -0.4 is 11.1 Å². The monoisotopic (exact) mass is 534 g/mol.